The lowest BCUT2D eigenvalue weighted by atomic mass is 10.1. The fraction of sp³-hybridized carbons (Fsp3) is 0.194. The van der Waals surface area contributed by atoms with Gasteiger partial charge in [0.15, 0.2) is 12.7 Å². The number of aromatic amines is 4. The highest BCUT2D eigenvalue weighted by atomic mass is 32.1. The first-order valence-electron chi connectivity index (χ1n) is 28.7. The normalized spacial score (nSPS) is 9.34. The van der Waals surface area contributed by atoms with Crippen LogP contribution in [0.15, 0.2) is 242 Å². The molecule has 13 aromatic heterocycles. The summed E-state index contributed by atoms with van der Waals surface area (Å²) in [5.74, 6) is 0.606. The van der Waals surface area contributed by atoms with E-state index in [1.807, 2.05) is 172 Å². The van der Waals surface area contributed by atoms with Gasteiger partial charge in [0.05, 0.1) is 29.2 Å². The summed E-state index contributed by atoms with van der Waals surface area (Å²) in [4.78, 5) is 34.1. The first-order chi connectivity index (χ1) is 45.1. The standard InChI is InChI=1S/3C10H9N.5C4H6N2.C4H5NO.C4H5NS.2C3H5N3.C3H4N2O/c1-8-3-2-4-9-7-11-6-5-10(8)9;1-8-6-11-7-9-4-2-3-5-10(8)9;1-8-6-7-11-10-5-3-2-4-9(8)10;1-4-2-5-3-6-4;1-4-2-5-6-3-4;1-6-4-2-3-5-6;2*1-4-2-3-5-6-4;2*1-4-2-6-3-5-4;1-6-2-4-5-3-6;1-6-3-4-2-5-6;1-3-4-2-5-6-3/h3*2-7H,1H3;2*2-3H,1H3,(H,5,6);2-4H,1H3;2*2-3H,1H3,(H,5,6);4*2-3H,1H3;2H,1H3. The van der Waals surface area contributed by atoms with Crippen LogP contribution in [-0.2, 0) is 21.1 Å². The average Bonchev–Trinajstić information content (AvgIpc) is 2.41. The number of hydrogen-bond donors (Lipinski definition) is 4. The number of fused-ring (bicyclic) bond motifs is 3. The van der Waals surface area contributed by atoms with Crippen LogP contribution in [0.1, 0.15) is 56.6 Å². The van der Waals surface area contributed by atoms with Gasteiger partial charge in [0.2, 0.25) is 5.89 Å². The molecule has 0 radical (unpaired) electrons. The van der Waals surface area contributed by atoms with Gasteiger partial charge in [-0.2, -0.15) is 30.5 Å². The molecule has 0 amide bonds. The summed E-state index contributed by atoms with van der Waals surface area (Å²) >= 11 is 1.63. The number of benzene rings is 3. The monoisotopic (exact) mass is 1270 g/mol. The van der Waals surface area contributed by atoms with Crippen LogP contribution in [0.2, 0.25) is 0 Å². The third kappa shape index (κ3) is 33.4. The van der Waals surface area contributed by atoms with E-state index in [1.165, 1.54) is 68.2 Å². The third-order valence-electron chi connectivity index (χ3n) is 11.5. The molecular weight excluding hydrogens is 1190 g/mol. The van der Waals surface area contributed by atoms with Crippen LogP contribution in [0.4, 0.5) is 0 Å². The van der Waals surface area contributed by atoms with Crippen molar-refractivity contribution in [2.24, 2.45) is 21.1 Å². The zero-order valence-corrected chi connectivity index (χ0v) is 55.5. The van der Waals surface area contributed by atoms with Crippen LogP contribution in [0.5, 0.6) is 0 Å². The Hall–Kier alpha value is -11.8. The summed E-state index contributed by atoms with van der Waals surface area (Å²) in [7, 11) is 5.59. The second-order valence-electron chi connectivity index (χ2n) is 19.6. The van der Waals surface area contributed by atoms with Crippen molar-refractivity contribution in [3.05, 3.63) is 290 Å². The van der Waals surface area contributed by atoms with Crippen LogP contribution >= 0.6 is 11.3 Å². The summed E-state index contributed by atoms with van der Waals surface area (Å²) in [6, 6.07) is 32.5. The number of para-hydroxylation sites is 1. The Morgan fingerprint density at radius 1 is 0.484 bits per heavy atom. The van der Waals surface area contributed by atoms with Crippen LogP contribution in [0.25, 0.3) is 32.4 Å². The number of oxazole rings is 1. The van der Waals surface area contributed by atoms with E-state index in [-0.39, 0.29) is 0 Å². The number of H-pyrrole nitrogens is 4. The predicted octanol–water partition coefficient (Wildman–Crippen LogP) is 13.4. The molecule has 13 heterocycles. The number of aryl methyl sites for hydroxylation is 13. The maximum Gasteiger partial charge on any atom is 0.223 e. The number of hydrogen-bond acceptors (Lipinski definition) is 19. The number of nitrogens with one attached hydrogen (secondary N) is 4. The fourth-order valence-electron chi connectivity index (χ4n) is 6.72. The molecule has 26 heteroatoms. The quantitative estimate of drug-likeness (QED) is 0.110. The van der Waals surface area contributed by atoms with Crippen LogP contribution in [-0.4, -0.2) is 115 Å². The molecule has 16 rings (SSSR count). The van der Waals surface area contributed by atoms with E-state index >= 15 is 0 Å². The maximum atomic E-state index is 4.60. The van der Waals surface area contributed by atoms with Gasteiger partial charge in [-0.15, -0.1) is 21.5 Å². The zero-order valence-electron chi connectivity index (χ0n) is 54.7. The van der Waals surface area contributed by atoms with E-state index < -0.39 is 0 Å². The van der Waals surface area contributed by atoms with Crippen molar-refractivity contribution >= 4 is 43.8 Å². The number of rotatable bonds is 0. The predicted molar refractivity (Wildman–Crippen MR) is 365 cm³/mol. The lowest BCUT2D eigenvalue weighted by Crippen LogP contribution is -1.83. The van der Waals surface area contributed by atoms with E-state index in [4.69, 9.17) is 0 Å². The summed E-state index contributed by atoms with van der Waals surface area (Å²) in [5.41, 5.74) is 13.3. The fourth-order valence-corrected chi connectivity index (χ4v) is 7.27. The minimum Gasteiger partial charge on any atom is -0.452 e. The van der Waals surface area contributed by atoms with Gasteiger partial charge in [0, 0.05) is 141 Å². The van der Waals surface area contributed by atoms with Gasteiger partial charge in [-0.25, -0.2) is 15.0 Å². The van der Waals surface area contributed by atoms with E-state index in [0.29, 0.717) is 5.89 Å². The molecule has 0 aliphatic carbocycles. The highest BCUT2D eigenvalue weighted by molar-refractivity contribution is 7.07. The first-order valence-corrected chi connectivity index (χ1v) is 29.7. The van der Waals surface area contributed by atoms with E-state index in [0.717, 1.165) is 34.0 Å². The molecule has 0 bridgehead atoms. The zero-order chi connectivity index (χ0) is 67.1. The SMILES string of the molecule is Cc1cccc2cnccc12.Cc1ccn[nH]1.Cc1ccn[nH]1.Cc1ccnc2ccccc12.Cc1cn[nH]c1.Cc1cnc[nH]1.Cc1cncc2ccccc12.Cc1cocn1.Cc1cscn1.Cc1ncno1.Cn1cccn1.Cn1cncn1.Cn1cnnc1. The molecule has 0 saturated carbocycles. The molecule has 4 N–H and O–H groups in total. The second kappa shape index (κ2) is 44.6. The molecule has 0 aliphatic heterocycles. The third-order valence-corrected chi connectivity index (χ3v) is 12.2. The van der Waals surface area contributed by atoms with Crippen molar-refractivity contribution in [2.45, 2.75) is 69.2 Å². The van der Waals surface area contributed by atoms with Crippen molar-refractivity contribution in [3.8, 4) is 0 Å². The minimum atomic E-state index is 0.606. The Bertz CT molecular complexity index is 3500. The Balaban J connectivity index is 0.000000217. The van der Waals surface area contributed by atoms with Crippen molar-refractivity contribution in [1.82, 2.24) is 115 Å². The van der Waals surface area contributed by atoms with Gasteiger partial charge in [0.1, 0.15) is 31.6 Å². The van der Waals surface area contributed by atoms with Crippen molar-refractivity contribution < 1.29 is 8.94 Å². The average molecular weight is 1270 g/mol. The summed E-state index contributed by atoms with van der Waals surface area (Å²) in [5, 5.41) is 45.5. The highest BCUT2D eigenvalue weighted by Gasteiger charge is 1.96. The Morgan fingerprint density at radius 2 is 1.17 bits per heavy atom. The summed E-state index contributed by atoms with van der Waals surface area (Å²) in [6.45, 7) is 19.8. The van der Waals surface area contributed by atoms with E-state index in [9.17, 15) is 0 Å². The van der Waals surface area contributed by atoms with E-state index in [2.05, 4.69) is 173 Å². The topological polar surface area (TPSA) is 310 Å². The minimum absolute atomic E-state index is 0.606. The lowest BCUT2D eigenvalue weighted by molar-refractivity contribution is 0.392. The van der Waals surface area contributed by atoms with Crippen LogP contribution in [0.3, 0.4) is 0 Å². The van der Waals surface area contributed by atoms with Gasteiger partial charge in [-0.1, -0.05) is 65.8 Å². The molecule has 93 heavy (non-hydrogen) atoms. The highest BCUT2D eigenvalue weighted by Crippen LogP contribution is 2.17. The number of aromatic nitrogens is 23. The van der Waals surface area contributed by atoms with Gasteiger partial charge in [-0.05, 0) is 132 Å². The molecule has 0 aliphatic rings. The molecule has 0 spiro atoms. The van der Waals surface area contributed by atoms with Crippen LogP contribution < -0.4 is 0 Å². The first kappa shape index (κ1) is 73.7. The summed E-state index contributed by atoms with van der Waals surface area (Å²) in [6.07, 6.45) is 34.3. The van der Waals surface area contributed by atoms with Crippen LogP contribution in [0, 0.1) is 69.2 Å². The number of nitrogens with zero attached hydrogens (tertiary/aromatic N) is 19. The van der Waals surface area contributed by atoms with Crippen molar-refractivity contribution in [3.63, 3.8) is 0 Å². The molecule has 0 saturated heterocycles. The van der Waals surface area contributed by atoms with Crippen molar-refractivity contribution in [2.75, 3.05) is 0 Å². The number of imidazole rings is 1. The molecular formula is C67H81N23O2S. The van der Waals surface area contributed by atoms with Gasteiger partial charge in [-0.3, -0.25) is 44.6 Å². The Labute approximate surface area is 545 Å². The van der Waals surface area contributed by atoms with Gasteiger partial charge < -0.3 is 18.5 Å². The largest absolute Gasteiger partial charge is 0.452 e. The number of pyridine rings is 3. The van der Waals surface area contributed by atoms with Crippen molar-refractivity contribution in [1.29, 1.82) is 0 Å². The molecule has 0 atom stereocenters. The smallest absolute Gasteiger partial charge is 0.223 e. The van der Waals surface area contributed by atoms with Gasteiger partial charge in [0.25, 0.3) is 0 Å². The lowest BCUT2D eigenvalue weighted by Gasteiger charge is -1.98. The maximum absolute atomic E-state index is 4.60. The molecule has 3 aromatic carbocycles. The molecule has 16 aromatic rings. The van der Waals surface area contributed by atoms with Gasteiger partial charge >= 0.3 is 0 Å². The molecule has 0 unspecified atom stereocenters. The number of thiazole rings is 1. The molecule has 482 valence electrons. The van der Waals surface area contributed by atoms with E-state index in [1.54, 1.807) is 94.7 Å². The molecule has 25 nitrogen and oxygen atoms in total. The Kier molecular flexibility index (Phi) is 35.3. The second-order valence-corrected chi connectivity index (χ2v) is 20.3. The summed E-state index contributed by atoms with van der Waals surface area (Å²) < 4.78 is 14.2. The molecule has 0 fully saturated rings. The Morgan fingerprint density at radius 3 is 1.55 bits per heavy atom.